The van der Waals surface area contributed by atoms with Crippen molar-refractivity contribution < 1.29 is 4.79 Å². The normalized spacial score (nSPS) is 19.3. The van der Waals surface area contributed by atoms with Crippen molar-refractivity contribution in [3.05, 3.63) is 5.28 Å². The third-order valence-electron chi connectivity index (χ3n) is 3.07. The summed E-state index contributed by atoms with van der Waals surface area (Å²) in [5.74, 6) is 0.513. The highest BCUT2D eigenvalue weighted by atomic mass is 35.5. The number of hydrogen-bond acceptors (Lipinski definition) is 6. The van der Waals surface area contributed by atoms with Crippen LogP contribution < -0.4 is 15.5 Å². The van der Waals surface area contributed by atoms with Gasteiger partial charge in [-0.3, -0.25) is 4.79 Å². The maximum atomic E-state index is 11.5. The Kier molecular flexibility index (Phi) is 4.04. The maximum absolute atomic E-state index is 11.5. The first kappa shape index (κ1) is 13.8. The van der Waals surface area contributed by atoms with Gasteiger partial charge in [-0.15, -0.1) is 0 Å². The lowest BCUT2D eigenvalue weighted by Crippen LogP contribution is -2.48. The zero-order chi connectivity index (χ0) is 14.0. The molecule has 1 amide bonds. The molecule has 1 aromatic rings. The van der Waals surface area contributed by atoms with Gasteiger partial charge in [0.2, 0.25) is 23.1 Å². The molecular weight excluding hydrogens is 268 g/mol. The third-order valence-corrected chi connectivity index (χ3v) is 3.24. The van der Waals surface area contributed by atoms with Crippen molar-refractivity contribution in [1.29, 1.82) is 0 Å². The standard InChI is InChI=1S/C11H17ClN6O/c1-17(2)10-14-9(12)15-11(16-10)18-6-4-3-5-7(18)8(13)19/h7H,3-6H2,1-2H3,(H2,13,19). The van der Waals surface area contributed by atoms with Gasteiger partial charge in [0.25, 0.3) is 0 Å². The molecule has 1 fully saturated rings. The Labute approximate surface area is 116 Å². The predicted molar refractivity (Wildman–Crippen MR) is 73.3 cm³/mol. The van der Waals surface area contributed by atoms with Gasteiger partial charge < -0.3 is 15.5 Å². The van der Waals surface area contributed by atoms with Gasteiger partial charge in [-0.05, 0) is 30.9 Å². The van der Waals surface area contributed by atoms with Gasteiger partial charge in [-0.25, -0.2) is 0 Å². The van der Waals surface area contributed by atoms with Crippen LogP contribution in [-0.4, -0.2) is 47.5 Å². The van der Waals surface area contributed by atoms with Crippen molar-refractivity contribution in [2.75, 3.05) is 30.4 Å². The van der Waals surface area contributed by atoms with Crippen LogP contribution in [0.25, 0.3) is 0 Å². The molecule has 0 aliphatic carbocycles. The predicted octanol–water partition coefficient (Wildman–Crippen LogP) is 0.435. The van der Waals surface area contributed by atoms with E-state index in [9.17, 15) is 4.79 Å². The molecule has 1 unspecified atom stereocenters. The summed E-state index contributed by atoms with van der Waals surface area (Å²) in [7, 11) is 3.63. The number of halogens is 1. The lowest BCUT2D eigenvalue weighted by Gasteiger charge is -2.33. The minimum atomic E-state index is -0.373. The first-order chi connectivity index (χ1) is 8.99. The number of carbonyl (C=O) groups excluding carboxylic acids is 1. The monoisotopic (exact) mass is 284 g/mol. The topological polar surface area (TPSA) is 88.2 Å². The number of rotatable bonds is 3. The molecule has 1 saturated heterocycles. The van der Waals surface area contributed by atoms with Gasteiger partial charge in [0, 0.05) is 20.6 Å². The number of carbonyl (C=O) groups is 1. The molecule has 8 heteroatoms. The molecule has 2 rings (SSSR count). The number of primary amides is 1. The second kappa shape index (κ2) is 5.56. The molecule has 1 atom stereocenters. The van der Waals surface area contributed by atoms with Crippen molar-refractivity contribution in [1.82, 2.24) is 15.0 Å². The first-order valence-electron chi connectivity index (χ1n) is 6.14. The summed E-state index contributed by atoms with van der Waals surface area (Å²) in [6.07, 6.45) is 2.67. The largest absolute Gasteiger partial charge is 0.368 e. The highest BCUT2D eigenvalue weighted by Crippen LogP contribution is 2.23. The van der Waals surface area contributed by atoms with E-state index in [0.29, 0.717) is 18.4 Å². The fourth-order valence-electron chi connectivity index (χ4n) is 2.12. The maximum Gasteiger partial charge on any atom is 0.240 e. The Bertz CT molecular complexity index is 480. The molecule has 2 heterocycles. The summed E-state index contributed by atoms with van der Waals surface area (Å²) in [6.45, 7) is 0.695. The summed E-state index contributed by atoms with van der Waals surface area (Å²) >= 11 is 5.91. The van der Waals surface area contributed by atoms with Crippen LogP contribution in [0, 0.1) is 0 Å². The highest BCUT2D eigenvalue weighted by Gasteiger charge is 2.29. The second-order valence-corrected chi connectivity index (χ2v) is 5.04. The molecule has 7 nitrogen and oxygen atoms in total. The Balaban J connectivity index is 2.35. The fraction of sp³-hybridized carbons (Fsp3) is 0.636. The Morgan fingerprint density at radius 3 is 2.74 bits per heavy atom. The molecule has 1 aliphatic heterocycles. The lowest BCUT2D eigenvalue weighted by molar-refractivity contribution is -0.119. The number of nitrogens with zero attached hydrogens (tertiary/aromatic N) is 5. The van der Waals surface area contributed by atoms with E-state index < -0.39 is 0 Å². The number of anilines is 2. The van der Waals surface area contributed by atoms with E-state index in [4.69, 9.17) is 17.3 Å². The zero-order valence-corrected chi connectivity index (χ0v) is 11.8. The minimum absolute atomic E-state index is 0.113. The van der Waals surface area contributed by atoms with Crippen LogP contribution in [-0.2, 0) is 4.79 Å². The van der Waals surface area contributed by atoms with Gasteiger partial charge in [0.15, 0.2) is 0 Å². The first-order valence-corrected chi connectivity index (χ1v) is 6.51. The van der Waals surface area contributed by atoms with Crippen molar-refractivity contribution >= 4 is 29.4 Å². The molecule has 1 aliphatic rings. The van der Waals surface area contributed by atoms with Crippen molar-refractivity contribution in [3.63, 3.8) is 0 Å². The number of hydrogen-bond donors (Lipinski definition) is 1. The smallest absolute Gasteiger partial charge is 0.240 e. The van der Waals surface area contributed by atoms with Gasteiger partial charge in [0.05, 0.1) is 0 Å². The molecule has 19 heavy (non-hydrogen) atoms. The van der Waals surface area contributed by atoms with E-state index in [-0.39, 0.29) is 17.2 Å². The molecule has 104 valence electrons. The molecule has 1 aromatic heterocycles. The average Bonchev–Trinajstić information content (AvgIpc) is 2.37. The van der Waals surface area contributed by atoms with Crippen LogP contribution >= 0.6 is 11.6 Å². The summed E-state index contributed by atoms with van der Waals surface area (Å²) in [6, 6.07) is -0.373. The number of nitrogens with two attached hydrogens (primary N) is 1. The number of aromatic nitrogens is 3. The number of piperidine rings is 1. The Hall–Kier alpha value is -1.63. The Morgan fingerprint density at radius 2 is 2.11 bits per heavy atom. The second-order valence-electron chi connectivity index (χ2n) is 4.71. The van der Waals surface area contributed by atoms with E-state index in [0.717, 1.165) is 19.3 Å². The van der Waals surface area contributed by atoms with Gasteiger partial charge >= 0.3 is 0 Å². The highest BCUT2D eigenvalue weighted by molar-refractivity contribution is 6.28. The molecular formula is C11H17ClN6O. The van der Waals surface area contributed by atoms with E-state index in [1.54, 1.807) is 4.90 Å². The van der Waals surface area contributed by atoms with E-state index in [2.05, 4.69) is 15.0 Å². The molecule has 0 radical (unpaired) electrons. The molecule has 0 spiro atoms. The summed E-state index contributed by atoms with van der Waals surface area (Å²) < 4.78 is 0. The van der Waals surface area contributed by atoms with E-state index in [1.807, 2.05) is 19.0 Å². The third kappa shape index (κ3) is 3.04. The van der Waals surface area contributed by atoms with E-state index >= 15 is 0 Å². The Morgan fingerprint density at radius 1 is 1.37 bits per heavy atom. The van der Waals surface area contributed by atoms with Crippen molar-refractivity contribution in [3.8, 4) is 0 Å². The van der Waals surface area contributed by atoms with Crippen LogP contribution in [0.4, 0.5) is 11.9 Å². The van der Waals surface area contributed by atoms with Crippen molar-refractivity contribution in [2.24, 2.45) is 5.73 Å². The van der Waals surface area contributed by atoms with E-state index in [1.165, 1.54) is 0 Å². The molecule has 0 aromatic carbocycles. The quantitative estimate of drug-likeness (QED) is 0.866. The molecule has 2 N–H and O–H groups in total. The molecule has 0 bridgehead atoms. The van der Waals surface area contributed by atoms with Gasteiger partial charge in [-0.2, -0.15) is 15.0 Å². The van der Waals surface area contributed by atoms with Crippen LogP contribution in [0.3, 0.4) is 0 Å². The lowest BCUT2D eigenvalue weighted by atomic mass is 10.0. The minimum Gasteiger partial charge on any atom is -0.368 e. The van der Waals surface area contributed by atoms with Gasteiger partial charge in [-0.1, -0.05) is 0 Å². The van der Waals surface area contributed by atoms with Crippen molar-refractivity contribution in [2.45, 2.75) is 25.3 Å². The molecule has 0 saturated carbocycles. The zero-order valence-electron chi connectivity index (χ0n) is 11.0. The SMILES string of the molecule is CN(C)c1nc(Cl)nc(N2CCCCC2C(N)=O)n1. The summed E-state index contributed by atoms with van der Waals surface area (Å²) in [4.78, 5) is 27.5. The average molecular weight is 285 g/mol. The van der Waals surface area contributed by atoms with Gasteiger partial charge in [0.1, 0.15) is 6.04 Å². The van der Waals surface area contributed by atoms with Crippen LogP contribution in [0.5, 0.6) is 0 Å². The summed E-state index contributed by atoms with van der Waals surface area (Å²) in [5, 5.41) is 0.113. The van der Waals surface area contributed by atoms with Crippen LogP contribution in [0.1, 0.15) is 19.3 Å². The number of amides is 1. The fourth-order valence-corrected chi connectivity index (χ4v) is 2.28. The van der Waals surface area contributed by atoms with Crippen LogP contribution in [0.2, 0.25) is 5.28 Å². The summed E-state index contributed by atoms with van der Waals surface area (Å²) in [5.41, 5.74) is 5.44. The van der Waals surface area contributed by atoms with Crippen LogP contribution in [0.15, 0.2) is 0 Å².